The summed E-state index contributed by atoms with van der Waals surface area (Å²) in [6.07, 6.45) is 7.85. The molecule has 0 heteroatoms. The molecule has 0 aromatic carbocycles. The molecular weight excluding hydrogens is 180 g/mol. The zero-order valence-electron chi connectivity index (χ0n) is 10.4. The molecule has 4 aliphatic carbocycles. The van der Waals surface area contributed by atoms with Crippen LogP contribution in [0.1, 0.15) is 52.9 Å². The molecular formula is C15H24. The van der Waals surface area contributed by atoms with E-state index < -0.39 is 0 Å². The van der Waals surface area contributed by atoms with E-state index in [0.717, 1.165) is 40.4 Å². The van der Waals surface area contributed by atoms with Crippen LogP contribution in [0.25, 0.3) is 0 Å². The van der Waals surface area contributed by atoms with Gasteiger partial charge in [-0.2, -0.15) is 0 Å². The Morgan fingerprint density at radius 1 is 0.800 bits per heavy atom. The molecule has 0 aromatic rings. The number of rotatable bonds is 0. The van der Waals surface area contributed by atoms with Gasteiger partial charge in [-0.3, -0.25) is 0 Å². The first-order valence-corrected chi connectivity index (χ1v) is 7.13. The predicted octanol–water partition coefficient (Wildman–Crippen LogP) is 4.10. The van der Waals surface area contributed by atoms with Crippen molar-refractivity contribution in [1.82, 2.24) is 0 Å². The summed E-state index contributed by atoms with van der Waals surface area (Å²) in [6.45, 7) is 7.54. The molecule has 4 saturated carbocycles. The third-order valence-electron chi connectivity index (χ3n) is 7.03. The second-order valence-corrected chi connectivity index (χ2v) is 7.42. The first-order chi connectivity index (χ1) is 7.13. The SMILES string of the molecule is CC1CCC2C(C1)C1(C[C@H]1C)[C@]21C[C@@H]1C. The van der Waals surface area contributed by atoms with Crippen LogP contribution in [0.5, 0.6) is 0 Å². The summed E-state index contributed by atoms with van der Waals surface area (Å²) in [4.78, 5) is 0. The van der Waals surface area contributed by atoms with Gasteiger partial charge in [-0.15, -0.1) is 0 Å². The fourth-order valence-electron chi connectivity index (χ4n) is 6.39. The second kappa shape index (κ2) is 2.31. The van der Waals surface area contributed by atoms with Crippen LogP contribution in [0.15, 0.2) is 0 Å². The smallest absolute Gasteiger partial charge is 0.0176 e. The minimum absolute atomic E-state index is 0.881. The largest absolute Gasteiger partial charge is 0.0625 e. The highest BCUT2D eigenvalue weighted by atomic mass is 14.9. The van der Waals surface area contributed by atoms with E-state index in [1.807, 2.05) is 0 Å². The van der Waals surface area contributed by atoms with E-state index in [1.54, 1.807) is 25.7 Å². The zero-order valence-corrected chi connectivity index (χ0v) is 10.4. The Hall–Kier alpha value is 0. The molecule has 0 bridgehead atoms. The molecule has 4 aliphatic rings. The van der Waals surface area contributed by atoms with Crippen LogP contribution in [0, 0.1) is 40.4 Å². The minimum Gasteiger partial charge on any atom is -0.0625 e. The van der Waals surface area contributed by atoms with Crippen molar-refractivity contribution >= 4 is 0 Å². The fraction of sp³-hybridized carbons (Fsp3) is 1.00. The Morgan fingerprint density at radius 3 is 1.87 bits per heavy atom. The van der Waals surface area contributed by atoms with Crippen LogP contribution in [0.3, 0.4) is 0 Å². The molecule has 0 nitrogen and oxygen atoms in total. The van der Waals surface area contributed by atoms with Gasteiger partial charge in [0.25, 0.3) is 0 Å². The Morgan fingerprint density at radius 2 is 1.33 bits per heavy atom. The maximum atomic E-state index is 2.53. The molecule has 0 saturated heterocycles. The van der Waals surface area contributed by atoms with Gasteiger partial charge in [-0.25, -0.2) is 0 Å². The van der Waals surface area contributed by atoms with Crippen molar-refractivity contribution in [2.75, 3.05) is 0 Å². The molecule has 0 radical (unpaired) electrons. The van der Waals surface area contributed by atoms with E-state index >= 15 is 0 Å². The Bertz CT molecular complexity index is 320. The third kappa shape index (κ3) is 0.746. The van der Waals surface area contributed by atoms with E-state index in [2.05, 4.69) is 20.8 Å². The lowest BCUT2D eigenvalue weighted by Gasteiger charge is -2.60. The molecule has 0 aromatic heterocycles. The highest BCUT2D eigenvalue weighted by Gasteiger charge is 2.85. The van der Waals surface area contributed by atoms with Crippen molar-refractivity contribution in [3.05, 3.63) is 0 Å². The third-order valence-corrected chi connectivity index (χ3v) is 7.03. The first-order valence-electron chi connectivity index (χ1n) is 7.13. The summed E-state index contributed by atoms with van der Waals surface area (Å²) in [5, 5.41) is 0. The van der Waals surface area contributed by atoms with Gasteiger partial charge in [-0.05, 0) is 66.1 Å². The van der Waals surface area contributed by atoms with Gasteiger partial charge in [0.15, 0.2) is 0 Å². The van der Waals surface area contributed by atoms with Gasteiger partial charge in [0.1, 0.15) is 0 Å². The number of fused-ring (bicyclic) bond motifs is 4. The summed E-state index contributed by atoms with van der Waals surface area (Å²) in [5.74, 6) is 5.50. The van der Waals surface area contributed by atoms with E-state index in [1.165, 1.54) is 6.42 Å². The molecule has 2 spiro atoms. The maximum Gasteiger partial charge on any atom is -0.0176 e. The van der Waals surface area contributed by atoms with E-state index in [9.17, 15) is 0 Å². The second-order valence-electron chi connectivity index (χ2n) is 7.42. The van der Waals surface area contributed by atoms with Crippen LogP contribution in [0.2, 0.25) is 0 Å². The molecule has 4 unspecified atom stereocenters. The fourth-order valence-corrected chi connectivity index (χ4v) is 6.39. The summed E-state index contributed by atoms with van der Waals surface area (Å²) in [6, 6.07) is 0. The Balaban J connectivity index is 1.68. The monoisotopic (exact) mass is 204 g/mol. The van der Waals surface area contributed by atoms with E-state index in [4.69, 9.17) is 0 Å². The van der Waals surface area contributed by atoms with Crippen LogP contribution in [-0.2, 0) is 0 Å². The van der Waals surface area contributed by atoms with Crippen LogP contribution in [0.4, 0.5) is 0 Å². The van der Waals surface area contributed by atoms with Gasteiger partial charge in [0.05, 0.1) is 0 Å². The molecule has 4 rings (SSSR count). The average molecular weight is 204 g/mol. The molecule has 7 atom stereocenters. The van der Waals surface area contributed by atoms with Gasteiger partial charge in [0.2, 0.25) is 0 Å². The highest BCUT2D eigenvalue weighted by molar-refractivity contribution is 5.33. The van der Waals surface area contributed by atoms with Crippen molar-refractivity contribution in [1.29, 1.82) is 0 Å². The topological polar surface area (TPSA) is 0 Å². The molecule has 0 aliphatic heterocycles. The molecule has 4 fully saturated rings. The van der Waals surface area contributed by atoms with Gasteiger partial charge >= 0.3 is 0 Å². The van der Waals surface area contributed by atoms with Gasteiger partial charge < -0.3 is 0 Å². The lowest BCUT2D eigenvalue weighted by molar-refractivity contribution is -0.125. The number of hydrogen-bond donors (Lipinski definition) is 0. The van der Waals surface area contributed by atoms with E-state index in [0.29, 0.717) is 0 Å². The zero-order chi connectivity index (χ0) is 10.4. The van der Waals surface area contributed by atoms with Crippen molar-refractivity contribution in [3.63, 3.8) is 0 Å². The summed E-state index contributed by atoms with van der Waals surface area (Å²) < 4.78 is 0. The molecule has 0 amide bonds. The van der Waals surface area contributed by atoms with Crippen LogP contribution < -0.4 is 0 Å². The molecule has 0 N–H and O–H groups in total. The van der Waals surface area contributed by atoms with Crippen molar-refractivity contribution in [2.24, 2.45) is 40.4 Å². The summed E-state index contributed by atoms with van der Waals surface area (Å²) >= 11 is 0. The number of hydrogen-bond acceptors (Lipinski definition) is 0. The molecule has 84 valence electrons. The van der Waals surface area contributed by atoms with Gasteiger partial charge in [-0.1, -0.05) is 27.2 Å². The summed E-state index contributed by atoms with van der Waals surface area (Å²) in [7, 11) is 0. The van der Waals surface area contributed by atoms with Crippen LogP contribution in [-0.4, -0.2) is 0 Å². The highest BCUT2D eigenvalue weighted by Crippen LogP contribution is 2.91. The van der Waals surface area contributed by atoms with E-state index in [-0.39, 0.29) is 0 Å². The lowest BCUT2D eigenvalue weighted by Crippen LogP contribution is -2.55. The van der Waals surface area contributed by atoms with Crippen molar-refractivity contribution in [2.45, 2.75) is 52.9 Å². The Kier molecular flexibility index (Phi) is 1.40. The summed E-state index contributed by atoms with van der Waals surface area (Å²) in [5.41, 5.74) is 1.77. The minimum atomic E-state index is 0.881. The standard InChI is InChI=1S/C15H24/c1-9-4-5-12-13(6-9)15(8-11(15)3)14(12)7-10(14)2/h9-13H,4-8H2,1-3H3/t9?,10-,11+,12?,13?,14-,15?/m0/s1. The average Bonchev–Trinajstić information content (AvgIpc) is 3.05. The Labute approximate surface area is 93.8 Å². The maximum absolute atomic E-state index is 2.53. The quantitative estimate of drug-likeness (QED) is 0.557. The van der Waals surface area contributed by atoms with Crippen LogP contribution >= 0.6 is 0 Å². The normalized spacial score (nSPS) is 70.2. The van der Waals surface area contributed by atoms with Gasteiger partial charge in [0, 0.05) is 0 Å². The van der Waals surface area contributed by atoms with Crippen molar-refractivity contribution in [3.8, 4) is 0 Å². The molecule has 0 heterocycles. The van der Waals surface area contributed by atoms with Crippen molar-refractivity contribution < 1.29 is 0 Å². The molecule has 15 heavy (non-hydrogen) atoms. The predicted molar refractivity (Wildman–Crippen MR) is 62.4 cm³/mol. The first kappa shape index (κ1) is 9.07. The lowest BCUT2D eigenvalue weighted by atomic mass is 9.44.